The van der Waals surface area contributed by atoms with Crippen molar-refractivity contribution in [2.24, 2.45) is 0 Å². The van der Waals surface area contributed by atoms with Gasteiger partial charge in [0.15, 0.2) is 18.9 Å². The van der Waals surface area contributed by atoms with E-state index in [0.29, 0.717) is 0 Å². The zero-order chi connectivity index (χ0) is 37.7. The molecule has 18 heteroatoms. The molecule has 0 amide bonds. The number of hydrogen-bond acceptors (Lipinski definition) is 12. The Labute approximate surface area is 283 Å². The number of aromatic carboxylic acids is 6. The van der Waals surface area contributed by atoms with Gasteiger partial charge in [0, 0.05) is 17.1 Å². The van der Waals surface area contributed by atoms with Crippen LogP contribution in [0.15, 0.2) is 54.6 Å². The Morgan fingerprint density at radius 1 is 0.353 bits per heavy atom. The molecule has 258 valence electrons. The van der Waals surface area contributed by atoms with E-state index in [9.17, 15) is 73.8 Å². The lowest BCUT2D eigenvalue weighted by Gasteiger charge is -2.23. The van der Waals surface area contributed by atoms with Crippen LogP contribution in [0.2, 0.25) is 0 Å². The Hall–Kier alpha value is -7.89. The number of carbonyl (C=O) groups is 9. The monoisotopic (exact) mass is 699 g/mol. The van der Waals surface area contributed by atoms with Crippen LogP contribution in [0.25, 0.3) is 0 Å². The summed E-state index contributed by atoms with van der Waals surface area (Å²) < 4.78 is 0. The minimum Gasteiger partial charge on any atom is -0.478 e. The number of aldehydes is 3. The van der Waals surface area contributed by atoms with E-state index in [0.717, 1.165) is 54.6 Å². The molecule has 0 radical (unpaired) electrons. The van der Waals surface area contributed by atoms with Crippen molar-refractivity contribution in [1.29, 1.82) is 0 Å². The van der Waals surface area contributed by atoms with Crippen LogP contribution in [0.4, 0.5) is 34.1 Å². The first-order valence-corrected chi connectivity index (χ1v) is 13.8. The maximum absolute atomic E-state index is 12.7. The topological polar surface area (TPSA) is 311 Å². The molecule has 4 aromatic carbocycles. The van der Waals surface area contributed by atoms with Crippen molar-refractivity contribution in [2.45, 2.75) is 0 Å². The van der Waals surface area contributed by atoms with Crippen LogP contribution < -0.4 is 16.0 Å². The Morgan fingerprint density at radius 3 is 0.667 bits per heavy atom. The lowest BCUT2D eigenvalue weighted by atomic mass is 9.96. The van der Waals surface area contributed by atoms with Crippen molar-refractivity contribution in [2.75, 3.05) is 16.0 Å². The first kappa shape index (κ1) is 36.0. The van der Waals surface area contributed by atoms with E-state index in [1.165, 1.54) is 0 Å². The quantitative estimate of drug-likeness (QED) is 0.0768. The van der Waals surface area contributed by atoms with Gasteiger partial charge < -0.3 is 46.6 Å². The van der Waals surface area contributed by atoms with Gasteiger partial charge in [-0.05, 0) is 54.6 Å². The second-order valence-electron chi connectivity index (χ2n) is 10.3. The van der Waals surface area contributed by atoms with Gasteiger partial charge in [-0.3, -0.25) is 14.4 Å². The van der Waals surface area contributed by atoms with Gasteiger partial charge in [-0.1, -0.05) is 0 Å². The largest absolute Gasteiger partial charge is 0.478 e. The van der Waals surface area contributed by atoms with Gasteiger partial charge in [-0.2, -0.15) is 0 Å². The molecule has 0 atom stereocenters. The van der Waals surface area contributed by atoms with Crippen molar-refractivity contribution in [3.05, 3.63) is 105 Å². The van der Waals surface area contributed by atoms with E-state index in [1.54, 1.807) is 0 Å². The summed E-state index contributed by atoms with van der Waals surface area (Å²) >= 11 is 0. The molecule has 4 rings (SSSR count). The van der Waals surface area contributed by atoms with Crippen LogP contribution in [-0.2, 0) is 0 Å². The highest BCUT2D eigenvalue weighted by Gasteiger charge is 2.26. The fourth-order valence-electron chi connectivity index (χ4n) is 4.84. The normalized spacial score (nSPS) is 10.4. The van der Waals surface area contributed by atoms with Crippen LogP contribution in [0.5, 0.6) is 0 Å². The standard InChI is InChI=1S/C33H21N3O15/c37-10-22-25(34-19-4-13(28(40)41)1-14(5-19)29(42)43)23(11-38)27(36-21-8-17(32(48)49)3-18(9-21)33(50)51)24(12-39)26(22)35-20-6-15(30(44)45)2-16(7-20)31(46)47/h1-12,34-36H,(H,40,41)(H,42,43)(H,44,45)(H,46,47)(H,48,49)(H,50,51). The number of carboxylic acids is 6. The minimum atomic E-state index is -1.56. The molecule has 18 nitrogen and oxygen atoms in total. The number of carbonyl (C=O) groups excluding carboxylic acids is 3. The van der Waals surface area contributed by atoms with Crippen LogP contribution in [0, 0.1) is 0 Å². The van der Waals surface area contributed by atoms with Crippen molar-refractivity contribution in [3.63, 3.8) is 0 Å². The molecule has 0 saturated heterocycles. The second kappa shape index (κ2) is 14.5. The summed E-state index contributed by atoms with van der Waals surface area (Å²) in [6.07, 6.45) is 0.334. The third-order valence-corrected chi connectivity index (χ3v) is 7.06. The highest BCUT2D eigenvalue weighted by Crippen LogP contribution is 2.41. The van der Waals surface area contributed by atoms with Gasteiger partial charge in [0.1, 0.15) is 0 Å². The Morgan fingerprint density at radius 2 is 0.529 bits per heavy atom. The number of nitrogens with one attached hydrogen (secondary N) is 3. The summed E-state index contributed by atoms with van der Waals surface area (Å²) in [4.78, 5) is 109. The number of carboxylic acid groups (broad SMARTS) is 6. The van der Waals surface area contributed by atoms with Gasteiger partial charge in [0.05, 0.1) is 67.1 Å². The van der Waals surface area contributed by atoms with E-state index in [1.807, 2.05) is 0 Å². The maximum atomic E-state index is 12.7. The molecule has 0 aliphatic carbocycles. The van der Waals surface area contributed by atoms with E-state index in [2.05, 4.69) is 16.0 Å². The molecular formula is C33H21N3O15. The first-order valence-electron chi connectivity index (χ1n) is 13.8. The maximum Gasteiger partial charge on any atom is 0.335 e. The van der Waals surface area contributed by atoms with Crippen LogP contribution >= 0.6 is 0 Å². The average molecular weight is 700 g/mol. The third-order valence-electron chi connectivity index (χ3n) is 7.06. The number of benzene rings is 4. The second-order valence-corrected chi connectivity index (χ2v) is 10.3. The van der Waals surface area contributed by atoms with Crippen molar-refractivity contribution in [3.8, 4) is 0 Å². The summed E-state index contributed by atoms with van der Waals surface area (Å²) in [6, 6.07) is 8.10. The Kier molecular flexibility index (Phi) is 10.2. The van der Waals surface area contributed by atoms with Gasteiger partial charge >= 0.3 is 35.8 Å². The lowest BCUT2D eigenvalue weighted by molar-refractivity contribution is 0.0676. The van der Waals surface area contributed by atoms with Crippen LogP contribution in [-0.4, -0.2) is 85.3 Å². The molecular weight excluding hydrogens is 678 g/mol. The molecule has 51 heavy (non-hydrogen) atoms. The van der Waals surface area contributed by atoms with Crippen molar-refractivity contribution in [1.82, 2.24) is 0 Å². The molecule has 0 saturated carbocycles. The average Bonchev–Trinajstić information content (AvgIpc) is 3.08. The summed E-state index contributed by atoms with van der Waals surface area (Å²) in [7, 11) is 0. The highest BCUT2D eigenvalue weighted by molar-refractivity contribution is 6.14. The summed E-state index contributed by atoms with van der Waals surface area (Å²) in [5.74, 6) is -9.37. The van der Waals surface area contributed by atoms with Crippen molar-refractivity contribution >= 4 is 88.8 Å². The molecule has 0 aliphatic rings. The summed E-state index contributed by atoms with van der Waals surface area (Å²) in [5, 5.41) is 65.1. The Balaban J connectivity index is 2.11. The van der Waals surface area contributed by atoms with E-state index >= 15 is 0 Å². The van der Waals surface area contributed by atoms with Gasteiger partial charge in [-0.15, -0.1) is 0 Å². The molecule has 0 heterocycles. The predicted molar refractivity (Wildman–Crippen MR) is 174 cm³/mol. The van der Waals surface area contributed by atoms with Crippen molar-refractivity contribution < 1.29 is 73.8 Å². The first-order chi connectivity index (χ1) is 24.1. The van der Waals surface area contributed by atoms with Gasteiger partial charge in [0.25, 0.3) is 0 Å². The number of anilines is 6. The molecule has 9 N–H and O–H groups in total. The van der Waals surface area contributed by atoms with E-state index < -0.39 is 103 Å². The van der Waals surface area contributed by atoms with Gasteiger partial charge in [0.2, 0.25) is 0 Å². The number of hydrogen-bond donors (Lipinski definition) is 9. The van der Waals surface area contributed by atoms with Gasteiger partial charge in [-0.25, -0.2) is 28.8 Å². The molecule has 0 spiro atoms. The number of rotatable bonds is 15. The molecule has 0 aromatic heterocycles. The van der Waals surface area contributed by atoms with Crippen LogP contribution in [0.3, 0.4) is 0 Å². The smallest absolute Gasteiger partial charge is 0.335 e. The molecule has 0 bridgehead atoms. The Bertz CT molecular complexity index is 1860. The third kappa shape index (κ3) is 7.65. The minimum absolute atomic E-state index is 0.111. The zero-order valence-electron chi connectivity index (χ0n) is 25.3. The molecule has 0 aliphatic heterocycles. The summed E-state index contributed by atoms with van der Waals surface area (Å²) in [6.45, 7) is 0. The van der Waals surface area contributed by atoms with Crippen LogP contribution in [0.1, 0.15) is 93.2 Å². The van der Waals surface area contributed by atoms with E-state index in [4.69, 9.17) is 0 Å². The molecule has 0 fully saturated rings. The molecule has 0 unspecified atom stereocenters. The van der Waals surface area contributed by atoms with E-state index in [-0.39, 0.29) is 35.9 Å². The predicted octanol–water partition coefficient (Wildman–Crippen LogP) is 4.54. The lowest BCUT2D eigenvalue weighted by Crippen LogP contribution is -2.13. The fourth-order valence-corrected chi connectivity index (χ4v) is 4.84. The highest BCUT2D eigenvalue weighted by atomic mass is 16.4. The fraction of sp³-hybridized carbons (Fsp3) is 0. The zero-order valence-corrected chi connectivity index (χ0v) is 25.3. The molecule has 4 aromatic rings. The SMILES string of the molecule is O=Cc1c(Nc2cc(C(=O)O)cc(C(=O)O)c2)c(C=O)c(Nc2cc(C(=O)O)cc(C(=O)O)c2)c(C=O)c1Nc1cc(C(=O)O)cc(C(=O)O)c1. The summed E-state index contributed by atoms with van der Waals surface area (Å²) in [5.41, 5.74) is -7.48.